The van der Waals surface area contributed by atoms with Crippen molar-refractivity contribution in [3.05, 3.63) is 0 Å². The third-order valence-corrected chi connectivity index (χ3v) is 3.43. The van der Waals surface area contributed by atoms with Crippen LogP contribution in [0.2, 0.25) is 0 Å². The number of amides is 1. The minimum atomic E-state index is -0.818. The molecule has 0 aliphatic heterocycles. The molecule has 0 unspecified atom stereocenters. The Morgan fingerprint density at radius 2 is 1.94 bits per heavy atom. The molecule has 0 aromatic rings. The lowest BCUT2D eigenvalue weighted by Gasteiger charge is -2.25. The summed E-state index contributed by atoms with van der Waals surface area (Å²) in [7, 11) is 0. The summed E-state index contributed by atoms with van der Waals surface area (Å²) in [6.45, 7) is 3.38. The number of hydrogen-bond acceptors (Lipinski definition) is 3. The molecule has 1 rings (SSSR count). The minimum absolute atomic E-state index is 0.0224. The molecule has 1 aliphatic rings. The average molecular weight is 256 g/mol. The molecule has 0 bridgehead atoms. The molecule has 1 fully saturated rings. The summed E-state index contributed by atoms with van der Waals surface area (Å²) in [5.41, 5.74) is 0. The molecule has 0 atom stereocenters. The third kappa shape index (κ3) is 6.00. The van der Waals surface area contributed by atoms with Gasteiger partial charge >= 0.3 is 5.97 Å². The fourth-order valence-corrected chi connectivity index (χ4v) is 2.33. The van der Waals surface area contributed by atoms with Crippen LogP contribution in [-0.2, 0) is 9.59 Å². The normalized spacial score (nSPS) is 16.8. The topological polar surface area (TPSA) is 69.6 Å². The van der Waals surface area contributed by atoms with Gasteiger partial charge in [0, 0.05) is 12.6 Å². The van der Waals surface area contributed by atoms with Gasteiger partial charge in [0.1, 0.15) is 0 Å². The SMILES string of the molecule is CCN(CCC(=O)O)CC(=O)NC1CCCCC1. The molecule has 5 nitrogen and oxygen atoms in total. The molecule has 0 heterocycles. The van der Waals surface area contributed by atoms with Crippen LogP contribution in [-0.4, -0.2) is 47.6 Å². The Hall–Kier alpha value is -1.10. The highest BCUT2D eigenvalue weighted by Crippen LogP contribution is 2.17. The van der Waals surface area contributed by atoms with Gasteiger partial charge in [0.05, 0.1) is 13.0 Å². The van der Waals surface area contributed by atoms with Crippen LogP contribution in [0, 0.1) is 0 Å². The first-order chi connectivity index (χ1) is 8.61. The molecule has 1 amide bonds. The Balaban J connectivity index is 2.25. The van der Waals surface area contributed by atoms with E-state index in [0.717, 1.165) is 12.8 Å². The quantitative estimate of drug-likeness (QED) is 0.719. The zero-order valence-corrected chi connectivity index (χ0v) is 11.2. The van der Waals surface area contributed by atoms with Crippen LogP contribution in [0.5, 0.6) is 0 Å². The fourth-order valence-electron chi connectivity index (χ4n) is 2.33. The zero-order chi connectivity index (χ0) is 13.4. The first-order valence-electron chi connectivity index (χ1n) is 6.85. The maximum Gasteiger partial charge on any atom is 0.304 e. The van der Waals surface area contributed by atoms with Crippen molar-refractivity contribution < 1.29 is 14.7 Å². The molecule has 18 heavy (non-hydrogen) atoms. The number of likely N-dealkylation sites (N-methyl/N-ethyl adjacent to an activating group) is 1. The Bertz CT molecular complexity index is 275. The van der Waals surface area contributed by atoms with Gasteiger partial charge in [-0.25, -0.2) is 0 Å². The number of nitrogens with one attached hydrogen (secondary N) is 1. The second-order valence-corrected chi connectivity index (χ2v) is 4.91. The van der Waals surface area contributed by atoms with Crippen LogP contribution >= 0.6 is 0 Å². The van der Waals surface area contributed by atoms with Crippen molar-refractivity contribution in [3.63, 3.8) is 0 Å². The van der Waals surface area contributed by atoms with Crippen molar-refractivity contribution in [1.82, 2.24) is 10.2 Å². The number of hydrogen-bond donors (Lipinski definition) is 2. The monoisotopic (exact) mass is 256 g/mol. The molecule has 1 aliphatic carbocycles. The van der Waals surface area contributed by atoms with E-state index >= 15 is 0 Å². The zero-order valence-electron chi connectivity index (χ0n) is 11.2. The van der Waals surface area contributed by atoms with Crippen LogP contribution < -0.4 is 5.32 Å². The van der Waals surface area contributed by atoms with Crippen LogP contribution in [0.25, 0.3) is 0 Å². The van der Waals surface area contributed by atoms with Gasteiger partial charge in [0.2, 0.25) is 5.91 Å². The van der Waals surface area contributed by atoms with E-state index in [1.54, 1.807) is 0 Å². The first-order valence-corrected chi connectivity index (χ1v) is 6.85. The molecule has 0 aromatic carbocycles. The van der Waals surface area contributed by atoms with E-state index in [9.17, 15) is 9.59 Å². The summed E-state index contributed by atoms with van der Waals surface area (Å²) in [6.07, 6.45) is 5.90. The molecule has 0 radical (unpaired) electrons. The summed E-state index contributed by atoms with van der Waals surface area (Å²) in [5.74, 6) is -0.796. The molecular weight excluding hydrogens is 232 g/mol. The predicted octanol–water partition coefficient (Wildman–Crippen LogP) is 1.23. The maximum atomic E-state index is 11.8. The summed E-state index contributed by atoms with van der Waals surface area (Å²) in [5, 5.41) is 11.7. The largest absolute Gasteiger partial charge is 0.481 e. The van der Waals surface area contributed by atoms with Crippen molar-refractivity contribution in [2.24, 2.45) is 0 Å². The third-order valence-electron chi connectivity index (χ3n) is 3.43. The molecule has 5 heteroatoms. The van der Waals surface area contributed by atoms with Crippen molar-refractivity contribution in [1.29, 1.82) is 0 Å². The molecular formula is C13H24N2O3. The Morgan fingerprint density at radius 3 is 2.50 bits per heavy atom. The number of aliphatic carboxylic acids is 1. The highest BCUT2D eigenvalue weighted by atomic mass is 16.4. The molecule has 1 saturated carbocycles. The van der Waals surface area contributed by atoms with E-state index in [0.29, 0.717) is 25.7 Å². The lowest BCUT2D eigenvalue weighted by molar-refractivity contribution is -0.137. The number of carboxylic acid groups (broad SMARTS) is 1. The van der Waals surface area contributed by atoms with E-state index in [1.165, 1.54) is 19.3 Å². The standard InChI is InChI=1S/C13H24N2O3/c1-2-15(9-8-13(17)18)10-12(16)14-11-6-4-3-5-7-11/h11H,2-10H2,1H3,(H,14,16)(H,17,18). The van der Waals surface area contributed by atoms with Crippen molar-refractivity contribution in [3.8, 4) is 0 Å². The average Bonchev–Trinajstić information content (AvgIpc) is 2.35. The van der Waals surface area contributed by atoms with Gasteiger partial charge in [0.25, 0.3) is 0 Å². The van der Waals surface area contributed by atoms with Gasteiger partial charge in [-0.15, -0.1) is 0 Å². The highest BCUT2D eigenvalue weighted by Gasteiger charge is 2.17. The van der Waals surface area contributed by atoms with E-state index < -0.39 is 5.97 Å². The highest BCUT2D eigenvalue weighted by molar-refractivity contribution is 5.78. The van der Waals surface area contributed by atoms with E-state index in [-0.39, 0.29) is 12.3 Å². The number of carbonyl (C=O) groups excluding carboxylic acids is 1. The lowest BCUT2D eigenvalue weighted by atomic mass is 9.95. The molecule has 104 valence electrons. The van der Waals surface area contributed by atoms with E-state index in [4.69, 9.17) is 5.11 Å². The minimum Gasteiger partial charge on any atom is -0.481 e. The van der Waals surface area contributed by atoms with Crippen LogP contribution in [0.4, 0.5) is 0 Å². The van der Waals surface area contributed by atoms with Gasteiger partial charge < -0.3 is 10.4 Å². The van der Waals surface area contributed by atoms with Crippen LogP contribution in [0.15, 0.2) is 0 Å². The second kappa shape index (κ2) is 8.08. The van der Waals surface area contributed by atoms with Crippen molar-refractivity contribution in [2.75, 3.05) is 19.6 Å². The smallest absolute Gasteiger partial charge is 0.304 e. The fraction of sp³-hybridized carbons (Fsp3) is 0.846. The van der Waals surface area contributed by atoms with Crippen LogP contribution in [0.1, 0.15) is 45.4 Å². The van der Waals surface area contributed by atoms with E-state index in [1.807, 2.05) is 11.8 Å². The second-order valence-electron chi connectivity index (χ2n) is 4.91. The molecule has 2 N–H and O–H groups in total. The molecule has 0 spiro atoms. The Kier molecular flexibility index (Phi) is 6.72. The van der Waals surface area contributed by atoms with E-state index in [2.05, 4.69) is 5.32 Å². The summed E-state index contributed by atoms with van der Waals surface area (Å²) < 4.78 is 0. The number of carboxylic acids is 1. The van der Waals surface area contributed by atoms with Crippen LogP contribution in [0.3, 0.4) is 0 Å². The number of carbonyl (C=O) groups is 2. The molecule has 0 aromatic heterocycles. The number of rotatable bonds is 7. The summed E-state index contributed by atoms with van der Waals surface area (Å²) in [6, 6.07) is 0.324. The van der Waals surface area contributed by atoms with Crippen molar-refractivity contribution in [2.45, 2.75) is 51.5 Å². The van der Waals surface area contributed by atoms with Crippen molar-refractivity contribution >= 4 is 11.9 Å². The van der Waals surface area contributed by atoms with Gasteiger partial charge in [-0.05, 0) is 19.4 Å². The number of nitrogens with zero attached hydrogens (tertiary/aromatic N) is 1. The summed E-state index contributed by atoms with van der Waals surface area (Å²) in [4.78, 5) is 24.2. The van der Waals surface area contributed by atoms with Gasteiger partial charge in [-0.1, -0.05) is 26.2 Å². The van der Waals surface area contributed by atoms with Gasteiger partial charge in [-0.2, -0.15) is 0 Å². The summed E-state index contributed by atoms with van der Waals surface area (Å²) >= 11 is 0. The first kappa shape index (κ1) is 15.0. The van der Waals surface area contributed by atoms with Gasteiger partial charge in [0.15, 0.2) is 0 Å². The Labute approximate surface area is 109 Å². The maximum absolute atomic E-state index is 11.8. The molecule has 0 saturated heterocycles. The predicted molar refractivity (Wildman–Crippen MR) is 69.4 cm³/mol. The van der Waals surface area contributed by atoms with Gasteiger partial charge in [-0.3, -0.25) is 14.5 Å². The lowest BCUT2D eigenvalue weighted by Crippen LogP contribution is -2.43. The Morgan fingerprint density at radius 1 is 1.28 bits per heavy atom.